The Morgan fingerprint density at radius 2 is 2.09 bits per heavy atom. The topological polar surface area (TPSA) is 61.7 Å². The van der Waals surface area contributed by atoms with Crippen molar-refractivity contribution in [2.75, 3.05) is 19.8 Å². The summed E-state index contributed by atoms with van der Waals surface area (Å²) >= 11 is 0. The van der Waals surface area contributed by atoms with E-state index in [2.05, 4.69) is 32.7 Å². The van der Waals surface area contributed by atoms with Crippen molar-refractivity contribution in [1.82, 2.24) is 5.32 Å². The maximum absolute atomic E-state index is 10.0. The summed E-state index contributed by atoms with van der Waals surface area (Å²) in [5, 5.41) is 22.1. The smallest absolute Gasteiger partial charge is 0.122 e. The molecular weight excluding hydrogens is 290 g/mol. The van der Waals surface area contributed by atoms with Gasteiger partial charge < -0.3 is 20.3 Å². The molecule has 0 heterocycles. The number of ether oxygens (including phenoxy) is 1. The zero-order valence-electron chi connectivity index (χ0n) is 14.4. The van der Waals surface area contributed by atoms with Crippen molar-refractivity contribution < 1.29 is 14.9 Å². The zero-order chi connectivity index (χ0) is 17.3. The number of β-amino-alcohol motifs (C(OH)–C–C–N with tert-alkyl or cyclic N) is 1. The Labute approximate surface area is 139 Å². The van der Waals surface area contributed by atoms with Crippen LogP contribution in [0.1, 0.15) is 31.9 Å². The first-order chi connectivity index (χ1) is 10.9. The van der Waals surface area contributed by atoms with Crippen molar-refractivity contribution >= 4 is 6.08 Å². The first-order valence-corrected chi connectivity index (χ1v) is 7.93. The summed E-state index contributed by atoms with van der Waals surface area (Å²) in [7, 11) is 0. The lowest BCUT2D eigenvalue weighted by atomic mass is 10.1. The van der Waals surface area contributed by atoms with E-state index in [0.29, 0.717) is 13.0 Å². The van der Waals surface area contributed by atoms with Gasteiger partial charge in [0.1, 0.15) is 18.5 Å². The highest BCUT2D eigenvalue weighted by Gasteiger charge is 2.13. The van der Waals surface area contributed by atoms with Crippen molar-refractivity contribution in [3.05, 3.63) is 48.1 Å². The molecule has 0 saturated carbocycles. The largest absolute Gasteiger partial charge is 0.491 e. The molecule has 0 amide bonds. The summed E-state index contributed by atoms with van der Waals surface area (Å²) in [6.45, 7) is 10.7. The average molecular weight is 319 g/mol. The molecule has 4 heteroatoms. The lowest BCUT2D eigenvalue weighted by Crippen LogP contribution is -2.42. The standard InChI is InChI=1S/C19H29NO3/c1-5-7-16-12-15(8-6-11-21)9-10-18(16)23-14-17(22)13-20-19(2,3)4/h5-6,8-10,12,17,20-22H,1,7,11,13-14H2,2-4H3/b8-6+. The number of hydrogen-bond donors (Lipinski definition) is 3. The Balaban J connectivity index is 2.67. The van der Waals surface area contributed by atoms with E-state index in [1.165, 1.54) is 0 Å². The molecular formula is C19H29NO3. The lowest BCUT2D eigenvalue weighted by Gasteiger charge is -2.23. The van der Waals surface area contributed by atoms with E-state index in [9.17, 15) is 5.11 Å². The summed E-state index contributed by atoms with van der Waals surface area (Å²) in [6.07, 6.45) is 5.49. The molecule has 1 rings (SSSR count). The maximum atomic E-state index is 10.0. The van der Waals surface area contributed by atoms with Crippen LogP contribution in [0, 0.1) is 0 Å². The molecule has 23 heavy (non-hydrogen) atoms. The van der Waals surface area contributed by atoms with Gasteiger partial charge in [-0.1, -0.05) is 24.3 Å². The Morgan fingerprint density at radius 3 is 2.70 bits per heavy atom. The molecule has 1 atom stereocenters. The van der Waals surface area contributed by atoms with Gasteiger partial charge in [-0.3, -0.25) is 0 Å². The predicted molar refractivity (Wildman–Crippen MR) is 95.7 cm³/mol. The number of aliphatic hydroxyl groups is 2. The molecule has 1 unspecified atom stereocenters. The maximum Gasteiger partial charge on any atom is 0.122 e. The highest BCUT2D eigenvalue weighted by atomic mass is 16.5. The van der Waals surface area contributed by atoms with Gasteiger partial charge in [-0.2, -0.15) is 0 Å². The number of hydrogen-bond acceptors (Lipinski definition) is 4. The summed E-state index contributed by atoms with van der Waals surface area (Å²) in [4.78, 5) is 0. The molecule has 0 saturated heterocycles. The van der Waals surface area contributed by atoms with Crippen molar-refractivity contribution in [3.63, 3.8) is 0 Å². The number of benzene rings is 1. The molecule has 128 valence electrons. The molecule has 0 aliphatic heterocycles. The first-order valence-electron chi connectivity index (χ1n) is 7.93. The Kier molecular flexibility index (Phi) is 8.03. The Hall–Kier alpha value is -1.62. The van der Waals surface area contributed by atoms with Gasteiger partial charge in [0.25, 0.3) is 0 Å². The highest BCUT2D eigenvalue weighted by Crippen LogP contribution is 2.22. The second-order valence-electron chi connectivity index (χ2n) is 6.54. The molecule has 3 N–H and O–H groups in total. The van der Waals surface area contributed by atoms with E-state index >= 15 is 0 Å². The first kappa shape index (κ1) is 19.4. The predicted octanol–water partition coefficient (Wildman–Crippen LogP) is 2.55. The minimum Gasteiger partial charge on any atom is -0.491 e. The summed E-state index contributed by atoms with van der Waals surface area (Å²) < 4.78 is 5.76. The second kappa shape index (κ2) is 9.50. The molecule has 0 aliphatic rings. The van der Waals surface area contributed by atoms with Gasteiger partial charge in [0.05, 0.1) is 6.61 Å². The minimum atomic E-state index is -0.570. The molecule has 0 fully saturated rings. The van der Waals surface area contributed by atoms with Gasteiger partial charge in [-0.15, -0.1) is 6.58 Å². The fraction of sp³-hybridized carbons (Fsp3) is 0.474. The van der Waals surface area contributed by atoms with Gasteiger partial charge in [-0.05, 0) is 50.5 Å². The summed E-state index contributed by atoms with van der Waals surface area (Å²) in [5.41, 5.74) is 1.98. The molecule has 0 spiro atoms. The fourth-order valence-electron chi connectivity index (χ4n) is 2.02. The van der Waals surface area contributed by atoms with Crippen molar-refractivity contribution in [2.24, 2.45) is 0 Å². The van der Waals surface area contributed by atoms with Crippen LogP contribution in [0.5, 0.6) is 5.75 Å². The third-order valence-corrected chi connectivity index (χ3v) is 3.16. The number of rotatable bonds is 9. The summed E-state index contributed by atoms with van der Waals surface area (Å²) in [6, 6.07) is 5.82. The summed E-state index contributed by atoms with van der Waals surface area (Å²) in [5.74, 6) is 0.751. The van der Waals surface area contributed by atoms with Crippen LogP contribution in [0.2, 0.25) is 0 Å². The number of allylic oxidation sites excluding steroid dienone is 1. The van der Waals surface area contributed by atoms with Crippen molar-refractivity contribution in [2.45, 2.75) is 38.8 Å². The zero-order valence-corrected chi connectivity index (χ0v) is 14.4. The van der Waals surface area contributed by atoms with Crippen LogP contribution in [-0.4, -0.2) is 41.6 Å². The van der Waals surface area contributed by atoms with Crippen molar-refractivity contribution in [3.8, 4) is 5.75 Å². The third kappa shape index (κ3) is 7.98. The quantitative estimate of drug-likeness (QED) is 0.612. The second-order valence-corrected chi connectivity index (χ2v) is 6.54. The molecule has 1 aromatic rings. The molecule has 0 aromatic heterocycles. The van der Waals surface area contributed by atoms with Crippen LogP contribution in [0.15, 0.2) is 36.9 Å². The molecule has 0 radical (unpaired) electrons. The van der Waals surface area contributed by atoms with Crippen LogP contribution < -0.4 is 10.1 Å². The van der Waals surface area contributed by atoms with E-state index in [-0.39, 0.29) is 18.8 Å². The third-order valence-electron chi connectivity index (χ3n) is 3.16. The van der Waals surface area contributed by atoms with Gasteiger partial charge in [0.2, 0.25) is 0 Å². The van der Waals surface area contributed by atoms with E-state index in [1.54, 1.807) is 6.08 Å². The van der Waals surface area contributed by atoms with Gasteiger partial charge >= 0.3 is 0 Å². The SMILES string of the molecule is C=CCc1cc(/C=C/CO)ccc1OCC(O)CNC(C)(C)C. The van der Waals surface area contributed by atoms with E-state index < -0.39 is 6.10 Å². The highest BCUT2D eigenvalue weighted by molar-refractivity contribution is 5.53. The van der Waals surface area contributed by atoms with Crippen LogP contribution in [0.25, 0.3) is 6.08 Å². The Morgan fingerprint density at radius 1 is 1.35 bits per heavy atom. The van der Waals surface area contributed by atoms with Gasteiger partial charge in [-0.25, -0.2) is 0 Å². The van der Waals surface area contributed by atoms with Crippen LogP contribution in [0.4, 0.5) is 0 Å². The van der Waals surface area contributed by atoms with Crippen LogP contribution in [-0.2, 0) is 6.42 Å². The number of nitrogens with one attached hydrogen (secondary N) is 1. The van der Waals surface area contributed by atoms with Crippen molar-refractivity contribution in [1.29, 1.82) is 0 Å². The normalized spacial score (nSPS) is 13.3. The molecule has 1 aromatic carbocycles. The Bertz CT molecular complexity index is 518. The monoisotopic (exact) mass is 319 g/mol. The van der Waals surface area contributed by atoms with Gasteiger partial charge in [0, 0.05) is 12.1 Å². The lowest BCUT2D eigenvalue weighted by molar-refractivity contribution is 0.0996. The molecule has 4 nitrogen and oxygen atoms in total. The minimum absolute atomic E-state index is 0.0159. The molecule has 0 aliphatic carbocycles. The van der Waals surface area contributed by atoms with Gasteiger partial charge in [0.15, 0.2) is 0 Å². The van der Waals surface area contributed by atoms with E-state index in [1.807, 2.05) is 30.4 Å². The number of aliphatic hydroxyl groups excluding tert-OH is 2. The van der Waals surface area contributed by atoms with E-state index in [0.717, 1.165) is 16.9 Å². The van der Waals surface area contributed by atoms with Crippen LogP contribution in [0.3, 0.4) is 0 Å². The van der Waals surface area contributed by atoms with E-state index in [4.69, 9.17) is 9.84 Å². The average Bonchev–Trinajstić information content (AvgIpc) is 2.49. The van der Waals surface area contributed by atoms with Crippen LogP contribution >= 0.6 is 0 Å². The molecule has 0 bridgehead atoms. The fourth-order valence-corrected chi connectivity index (χ4v) is 2.02.